The molecule has 6 heteroatoms. The molecule has 144 valence electrons. The van der Waals surface area contributed by atoms with E-state index in [4.69, 9.17) is 9.47 Å². The lowest BCUT2D eigenvalue weighted by Crippen LogP contribution is -2.05. The van der Waals surface area contributed by atoms with Gasteiger partial charge in [-0.25, -0.2) is 0 Å². The first-order valence-corrected chi connectivity index (χ1v) is 10.4. The molecule has 0 saturated heterocycles. The lowest BCUT2D eigenvalue weighted by Gasteiger charge is -2.09. The van der Waals surface area contributed by atoms with Gasteiger partial charge in [0, 0.05) is 23.8 Å². The minimum atomic E-state index is -0.109. The Morgan fingerprint density at radius 2 is 2.12 bits per heavy atom. The summed E-state index contributed by atoms with van der Waals surface area (Å²) >= 11 is 1.67. The monoisotopic (exact) mass is 379 g/mol. The quantitative estimate of drug-likeness (QED) is 0.451. The summed E-state index contributed by atoms with van der Waals surface area (Å²) < 4.78 is 10.8. The van der Waals surface area contributed by atoms with Gasteiger partial charge in [-0.05, 0) is 44.7 Å². The number of phenols is 1. The third-order valence-corrected chi connectivity index (χ3v) is 5.30. The Balaban J connectivity index is 1.63. The highest BCUT2D eigenvalue weighted by Gasteiger charge is 2.18. The van der Waals surface area contributed by atoms with Gasteiger partial charge in [-0.3, -0.25) is 9.79 Å². The lowest BCUT2D eigenvalue weighted by molar-refractivity contribution is -0.143. The van der Waals surface area contributed by atoms with Crippen LogP contribution in [0.4, 0.5) is 0 Å². The maximum Gasteiger partial charge on any atom is 0.305 e. The van der Waals surface area contributed by atoms with Crippen molar-refractivity contribution in [2.75, 3.05) is 19.0 Å². The summed E-state index contributed by atoms with van der Waals surface area (Å²) in [5.74, 6) is 1.71. The molecule has 2 rings (SSSR count). The van der Waals surface area contributed by atoms with Crippen LogP contribution in [0.2, 0.25) is 0 Å². The molecular weight excluding hydrogens is 350 g/mol. The number of aliphatic imine (C=N–C) groups is 1. The average Bonchev–Trinajstić information content (AvgIpc) is 3.04. The number of thioether (sulfide) groups is 1. The van der Waals surface area contributed by atoms with Crippen LogP contribution < -0.4 is 4.74 Å². The van der Waals surface area contributed by atoms with E-state index in [-0.39, 0.29) is 11.7 Å². The van der Waals surface area contributed by atoms with Crippen molar-refractivity contribution >= 4 is 22.8 Å². The van der Waals surface area contributed by atoms with Crippen molar-refractivity contribution in [3.05, 3.63) is 23.8 Å². The molecule has 1 N–H and O–H groups in total. The highest BCUT2D eigenvalue weighted by atomic mass is 32.2. The molecule has 0 spiro atoms. The van der Waals surface area contributed by atoms with Crippen molar-refractivity contribution in [3.8, 4) is 11.5 Å². The standard InChI is InChI=1S/C20H29NO4S/c1-3-4-11-25-19(23)8-6-5-7-12-24-16-9-10-17(18(22)13-16)20-21-15(2)14-26-20/h9-10,13,15,22H,3-8,11-12,14H2,1-2H3. The molecular formula is C20H29NO4S. The van der Waals surface area contributed by atoms with Crippen LogP contribution in [-0.2, 0) is 9.53 Å². The van der Waals surface area contributed by atoms with Gasteiger partial charge < -0.3 is 14.6 Å². The van der Waals surface area contributed by atoms with Crippen LogP contribution in [0.3, 0.4) is 0 Å². The second kappa shape index (κ2) is 11.1. The van der Waals surface area contributed by atoms with Crippen molar-refractivity contribution in [2.24, 2.45) is 4.99 Å². The van der Waals surface area contributed by atoms with Crippen molar-refractivity contribution in [3.63, 3.8) is 0 Å². The Morgan fingerprint density at radius 1 is 1.27 bits per heavy atom. The maximum absolute atomic E-state index is 11.5. The molecule has 1 aliphatic heterocycles. The predicted octanol–water partition coefficient (Wildman–Crippen LogP) is 4.56. The highest BCUT2D eigenvalue weighted by molar-refractivity contribution is 8.14. The van der Waals surface area contributed by atoms with Crippen LogP contribution in [-0.4, -0.2) is 41.1 Å². The van der Waals surface area contributed by atoms with Crippen LogP contribution in [0.1, 0.15) is 57.9 Å². The Bertz CT molecular complexity index is 618. The molecule has 26 heavy (non-hydrogen) atoms. The van der Waals surface area contributed by atoms with E-state index in [0.717, 1.165) is 48.5 Å². The number of carbonyl (C=O) groups excluding carboxylic acids is 1. The molecule has 0 saturated carbocycles. The molecule has 1 atom stereocenters. The number of rotatable bonds is 11. The van der Waals surface area contributed by atoms with E-state index in [1.807, 2.05) is 12.1 Å². The van der Waals surface area contributed by atoms with E-state index in [9.17, 15) is 9.90 Å². The number of hydrogen-bond acceptors (Lipinski definition) is 6. The van der Waals surface area contributed by atoms with Gasteiger partial charge in [0.25, 0.3) is 0 Å². The Morgan fingerprint density at radius 3 is 2.81 bits per heavy atom. The smallest absolute Gasteiger partial charge is 0.305 e. The predicted molar refractivity (Wildman–Crippen MR) is 106 cm³/mol. The summed E-state index contributed by atoms with van der Waals surface area (Å²) in [5.41, 5.74) is 0.772. The third kappa shape index (κ3) is 6.90. The lowest BCUT2D eigenvalue weighted by atomic mass is 10.2. The second-order valence-corrected chi connectivity index (χ2v) is 7.52. The van der Waals surface area contributed by atoms with Gasteiger partial charge in [-0.2, -0.15) is 0 Å². The minimum absolute atomic E-state index is 0.109. The minimum Gasteiger partial charge on any atom is -0.507 e. The van der Waals surface area contributed by atoms with Gasteiger partial charge in [0.05, 0.1) is 19.3 Å². The number of esters is 1. The molecule has 0 radical (unpaired) electrons. The van der Waals surface area contributed by atoms with Crippen LogP contribution in [0.15, 0.2) is 23.2 Å². The number of phenolic OH excluding ortho intramolecular Hbond substituents is 1. The molecule has 0 bridgehead atoms. The van der Waals surface area contributed by atoms with Crippen LogP contribution >= 0.6 is 11.8 Å². The summed E-state index contributed by atoms with van der Waals surface area (Å²) in [4.78, 5) is 16.0. The number of benzene rings is 1. The summed E-state index contributed by atoms with van der Waals surface area (Å²) in [6, 6.07) is 5.67. The van der Waals surface area contributed by atoms with Crippen LogP contribution in [0.5, 0.6) is 11.5 Å². The Hall–Kier alpha value is -1.69. The van der Waals surface area contributed by atoms with Gasteiger partial charge in [-0.15, -0.1) is 11.8 Å². The molecule has 5 nitrogen and oxygen atoms in total. The molecule has 1 aromatic carbocycles. The molecule has 1 heterocycles. The van der Waals surface area contributed by atoms with Crippen molar-refractivity contribution in [2.45, 2.75) is 58.4 Å². The second-order valence-electron chi connectivity index (χ2n) is 6.51. The molecule has 1 aliphatic rings. The SMILES string of the molecule is CCCCOC(=O)CCCCCOc1ccc(C2=NC(C)CS2)c(O)c1. The number of ether oxygens (including phenoxy) is 2. The van der Waals surface area contributed by atoms with Crippen LogP contribution in [0.25, 0.3) is 0 Å². The summed E-state index contributed by atoms with van der Waals surface area (Å²) in [6.45, 7) is 5.24. The number of carbonyl (C=O) groups is 1. The fourth-order valence-electron chi connectivity index (χ4n) is 2.54. The van der Waals surface area contributed by atoms with E-state index in [1.54, 1.807) is 17.8 Å². The fraction of sp³-hybridized carbons (Fsp3) is 0.600. The first-order chi connectivity index (χ1) is 12.6. The number of nitrogens with zero attached hydrogens (tertiary/aromatic N) is 1. The highest BCUT2D eigenvalue weighted by Crippen LogP contribution is 2.31. The van der Waals surface area contributed by atoms with E-state index < -0.39 is 0 Å². The summed E-state index contributed by atoms with van der Waals surface area (Å²) in [6.07, 6.45) is 5.03. The maximum atomic E-state index is 11.5. The zero-order valence-electron chi connectivity index (χ0n) is 15.7. The normalized spacial score (nSPS) is 16.4. The zero-order chi connectivity index (χ0) is 18.8. The first kappa shape index (κ1) is 20.6. The molecule has 1 unspecified atom stereocenters. The molecule has 0 amide bonds. The number of aromatic hydroxyl groups is 1. The Kier molecular flexibility index (Phi) is 8.81. The van der Waals surface area contributed by atoms with Crippen LogP contribution in [0, 0.1) is 0 Å². The van der Waals surface area contributed by atoms with Crippen molar-refractivity contribution in [1.82, 2.24) is 0 Å². The van der Waals surface area contributed by atoms with E-state index in [2.05, 4.69) is 18.8 Å². The largest absolute Gasteiger partial charge is 0.507 e. The fourth-order valence-corrected chi connectivity index (χ4v) is 3.60. The molecule has 0 fully saturated rings. The number of unbranched alkanes of at least 4 members (excludes halogenated alkanes) is 3. The molecule has 0 aromatic heterocycles. The van der Waals surface area contributed by atoms with Crippen molar-refractivity contribution in [1.29, 1.82) is 0 Å². The average molecular weight is 380 g/mol. The van der Waals surface area contributed by atoms with E-state index in [0.29, 0.717) is 31.4 Å². The van der Waals surface area contributed by atoms with E-state index in [1.165, 1.54) is 0 Å². The zero-order valence-corrected chi connectivity index (χ0v) is 16.5. The molecule has 0 aliphatic carbocycles. The topological polar surface area (TPSA) is 68.1 Å². The molecule has 1 aromatic rings. The van der Waals surface area contributed by atoms with Gasteiger partial charge >= 0.3 is 5.97 Å². The number of hydrogen-bond donors (Lipinski definition) is 1. The summed E-state index contributed by atoms with van der Waals surface area (Å²) in [5, 5.41) is 11.1. The van der Waals surface area contributed by atoms with Gasteiger partial charge in [0.2, 0.25) is 0 Å². The Labute approximate surface area is 160 Å². The van der Waals surface area contributed by atoms with Crippen molar-refractivity contribution < 1.29 is 19.4 Å². The first-order valence-electron chi connectivity index (χ1n) is 9.42. The summed E-state index contributed by atoms with van der Waals surface area (Å²) in [7, 11) is 0. The van der Waals surface area contributed by atoms with Gasteiger partial charge in [0.15, 0.2) is 0 Å². The third-order valence-electron chi connectivity index (χ3n) is 4.05. The van der Waals surface area contributed by atoms with Gasteiger partial charge in [-0.1, -0.05) is 13.3 Å². The van der Waals surface area contributed by atoms with Gasteiger partial charge in [0.1, 0.15) is 16.5 Å². The van der Waals surface area contributed by atoms with E-state index >= 15 is 0 Å².